The van der Waals surface area contributed by atoms with E-state index in [1.807, 2.05) is 20.8 Å². The fraction of sp³-hybridized carbons (Fsp3) is 0.950. The van der Waals surface area contributed by atoms with Gasteiger partial charge in [0.2, 0.25) is 0 Å². The molecule has 0 aliphatic heterocycles. The van der Waals surface area contributed by atoms with E-state index < -0.39 is 17.9 Å². The first-order valence-corrected chi connectivity index (χ1v) is 10.6. The average Bonchev–Trinajstić information content (AvgIpc) is 2.70. The Labute approximate surface area is 185 Å². The summed E-state index contributed by atoms with van der Waals surface area (Å²) in [4.78, 5) is 11.4. The number of alkyl halides is 1. The Hall–Kier alpha value is -1.08. The van der Waals surface area contributed by atoms with E-state index in [0.29, 0.717) is 79.2 Å². The van der Waals surface area contributed by atoms with Gasteiger partial charge in [-0.2, -0.15) is 0 Å². The first-order valence-electron chi connectivity index (χ1n) is 10.6. The van der Waals surface area contributed by atoms with Gasteiger partial charge < -0.3 is 44.2 Å². The first kappa shape index (κ1) is 29.9. The molecule has 0 saturated heterocycles. The summed E-state index contributed by atoms with van der Waals surface area (Å²) in [6.45, 7) is 10.5. The van der Waals surface area contributed by atoms with E-state index in [-0.39, 0.29) is 13.2 Å². The van der Waals surface area contributed by atoms with Crippen molar-refractivity contribution in [2.75, 3.05) is 92.4 Å². The van der Waals surface area contributed by atoms with E-state index in [4.69, 9.17) is 38.9 Å². The second-order valence-electron chi connectivity index (χ2n) is 7.40. The number of amides is 1. The molecular weight excluding hydrogens is 415 g/mol. The Balaban J connectivity index is 3.13. The molecule has 1 unspecified atom stereocenters. The summed E-state index contributed by atoms with van der Waals surface area (Å²) >= 11 is 0. The molecule has 0 aliphatic carbocycles. The number of ether oxygens (including phenoxy) is 7. The Kier molecular flexibility index (Phi) is 20.1. The molecule has 3 N–H and O–H groups in total. The molecule has 10 nitrogen and oxygen atoms in total. The number of halogens is 1. The van der Waals surface area contributed by atoms with Crippen molar-refractivity contribution in [2.45, 2.75) is 32.5 Å². The summed E-state index contributed by atoms with van der Waals surface area (Å²) in [5.41, 5.74) is 4.63. The second-order valence-corrected chi connectivity index (χ2v) is 7.40. The zero-order valence-electron chi connectivity index (χ0n) is 19.2. The van der Waals surface area contributed by atoms with Crippen LogP contribution in [0.25, 0.3) is 0 Å². The van der Waals surface area contributed by atoms with Gasteiger partial charge in [-0.15, -0.1) is 0 Å². The van der Waals surface area contributed by atoms with E-state index in [0.717, 1.165) is 0 Å². The molecule has 0 saturated carbocycles. The number of hydrogen-bond donors (Lipinski definition) is 2. The SMILES string of the molecule is CC(C)(C)OC(=O)NCCOCCOCCOCCOCCOCCOCC(F)CN. The quantitative estimate of drug-likeness (QED) is 0.243. The molecule has 0 aromatic carbocycles. The standard InChI is InChI=1S/C20H41FN2O8/c1-20(2,3)31-19(24)23-4-5-25-6-7-26-8-9-27-10-11-28-12-13-29-14-15-30-17-18(21)16-22/h18H,4-17,22H2,1-3H3,(H,23,24). The highest BCUT2D eigenvalue weighted by atomic mass is 19.1. The lowest BCUT2D eigenvalue weighted by molar-refractivity contribution is -0.0189. The molecule has 0 rings (SSSR count). The van der Waals surface area contributed by atoms with Crippen molar-refractivity contribution in [3.63, 3.8) is 0 Å². The fourth-order valence-corrected chi connectivity index (χ4v) is 1.92. The summed E-state index contributed by atoms with van der Waals surface area (Å²) in [6, 6.07) is 0. The third-order valence-corrected chi connectivity index (χ3v) is 3.33. The van der Waals surface area contributed by atoms with Crippen LogP contribution in [-0.2, 0) is 33.2 Å². The molecule has 0 aliphatic rings. The summed E-state index contributed by atoms with van der Waals surface area (Å²) in [5, 5.41) is 2.61. The van der Waals surface area contributed by atoms with E-state index in [1.165, 1.54) is 0 Å². The molecule has 31 heavy (non-hydrogen) atoms. The molecule has 1 atom stereocenters. The number of nitrogens with two attached hydrogens (primary N) is 1. The molecular formula is C20H41FN2O8. The maximum absolute atomic E-state index is 12.8. The van der Waals surface area contributed by atoms with Crippen molar-refractivity contribution in [1.82, 2.24) is 5.32 Å². The van der Waals surface area contributed by atoms with Gasteiger partial charge in [0, 0.05) is 13.1 Å². The zero-order valence-corrected chi connectivity index (χ0v) is 19.2. The molecule has 0 spiro atoms. The van der Waals surface area contributed by atoms with Crippen LogP contribution in [0.5, 0.6) is 0 Å². The van der Waals surface area contributed by atoms with Crippen LogP contribution in [0, 0.1) is 0 Å². The van der Waals surface area contributed by atoms with Crippen LogP contribution in [0.1, 0.15) is 20.8 Å². The Morgan fingerprint density at radius 1 is 0.774 bits per heavy atom. The molecule has 0 aromatic heterocycles. The molecule has 0 bridgehead atoms. The summed E-state index contributed by atoms with van der Waals surface area (Å²) < 4.78 is 49.7. The lowest BCUT2D eigenvalue weighted by Crippen LogP contribution is -2.34. The van der Waals surface area contributed by atoms with Crippen LogP contribution >= 0.6 is 0 Å². The van der Waals surface area contributed by atoms with Gasteiger partial charge in [-0.25, -0.2) is 9.18 Å². The minimum absolute atomic E-state index is 0.00221. The number of carbonyl (C=O) groups excluding carboxylic acids is 1. The molecule has 0 heterocycles. The van der Waals surface area contributed by atoms with Gasteiger partial charge in [0.25, 0.3) is 0 Å². The highest BCUT2D eigenvalue weighted by molar-refractivity contribution is 5.67. The lowest BCUT2D eigenvalue weighted by atomic mass is 10.2. The molecule has 186 valence electrons. The molecule has 0 fully saturated rings. The number of carbonyl (C=O) groups is 1. The van der Waals surface area contributed by atoms with Crippen molar-refractivity contribution in [2.24, 2.45) is 5.73 Å². The third-order valence-electron chi connectivity index (χ3n) is 3.33. The highest BCUT2D eigenvalue weighted by Gasteiger charge is 2.15. The van der Waals surface area contributed by atoms with Crippen LogP contribution in [0.4, 0.5) is 9.18 Å². The zero-order chi connectivity index (χ0) is 23.2. The van der Waals surface area contributed by atoms with Crippen LogP contribution in [0.15, 0.2) is 0 Å². The number of hydrogen-bond acceptors (Lipinski definition) is 9. The molecule has 11 heteroatoms. The second kappa shape index (κ2) is 20.8. The Morgan fingerprint density at radius 2 is 1.16 bits per heavy atom. The van der Waals surface area contributed by atoms with Crippen LogP contribution < -0.4 is 11.1 Å². The lowest BCUT2D eigenvalue weighted by Gasteiger charge is -2.19. The van der Waals surface area contributed by atoms with Gasteiger partial charge in [0.1, 0.15) is 11.8 Å². The Morgan fingerprint density at radius 3 is 1.55 bits per heavy atom. The van der Waals surface area contributed by atoms with Crippen LogP contribution in [0.2, 0.25) is 0 Å². The van der Waals surface area contributed by atoms with Crippen molar-refractivity contribution in [3.05, 3.63) is 0 Å². The van der Waals surface area contributed by atoms with E-state index >= 15 is 0 Å². The molecule has 1 amide bonds. The number of rotatable bonds is 21. The summed E-state index contributed by atoms with van der Waals surface area (Å²) in [7, 11) is 0. The van der Waals surface area contributed by atoms with Gasteiger partial charge >= 0.3 is 6.09 Å². The van der Waals surface area contributed by atoms with Crippen LogP contribution in [0.3, 0.4) is 0 Å². The first-order chi connectivity index (χ1) is 14.8. The third kappa shape index (κ3) is 25.1. The van der Waals surface area contributed by atoms with Crippen molar-refractivity contribution in [3.8, 4) is 0 Å². The predicted octanol–water partition coefficient (Wildman–Crippen LogP) is 0.908. The topological polar surface area (TPSA) is 120 Å². The minimum atomic E-state index is -1.12. The van der Waals surface area contributed by atoms with E-state index in [2.05, 4.69) is 5.32 Å². The van der Waals surface area contributed by atoms with Crippen molar-refractivity contribution < 1.29 is 42.3 Å². The monoisotopic (exact) mass is 456 g/mol. The van der Waals surface area contributed by atoms with Gasteiger partial charge in [-0.1, -0.05) is 0 Å². The summed E-state index contributed by atoms with van der Waals surface area (Å²) in [5.74, 6) is 0. The predicted molar refractivity (Wildman–Crippen MR) is 113 cm³/mol. The maximum atomic E-state index is 12.8. The van der Waals surface area contributed by atoms with Crippen molar-refractivity contribution >= 4 is 6.09 Å². The normalized spacial score (nSPS) is 12.7. The fourth-order valence-electron chi connectivity index (χ4n) is 1.92. The largest absolute Gasteiger partial charge is 0.444 e. The van der Waals surface area contributed by atoms with Gasteiger partial charge in [0.15, 0.2) is 0 Å². The minimum Gasteiger partial charge on any atom is -0.444 e. The van der Waals surface area contributed by atoms with Crippen LogP contribution in [-0.4, -0.2) is 110 Å². The Bertz CT molecular complexity index is 413. The van der Waals surface area contributed by atoms with Gasteiger partial charge in [-0.3, -0.25) is 0 Å². The van der Waals surface area contributed by atoms with E-state index in [9.17, 15) is 9.18 Å². The average molecular weight is 457 g/mol. The van der Waals surface area contributed by atoms with Gasteiger partial charge in [0.05, 0.1) is 79.3 Å². The van der Waals surface area contributed by atoms with E-state index in [1.54, 1.807) is 0 Å². The van der Waals surface area contributed by atoms with Crippen molar-refractivity contribution in [1.29, 1.82) is 0 Å². The summed E-state index contributed by atoms with van der Waals surface area (Å²) in [6.07, 6.45) is -1.58. The van der Waals surface area contributed by atoms with Gasteiger partial charge in [-0.05, 0) is 20.8 Å². The number of nitrogens with one attached hydrogen (secondary N) is 1. The maximum Gasteiger partial charge on any atom is 0.407 e. The highest BCUT2D eigenvalue weighted by Crippen LogP contribution is 2.06. The molecule has 0 radical (unpaired) electrons. The smallest absolute Gasteiger partial charge is 0.407 e. The number of alkyl carbamates (subject to hydrolysis) is 1. The molecule has 0 aromatic rings.